The summed E-state index contributed by atoms with van der Waals surface area (Å²) in [5.41, 5.74) is 8.09. The Morgan fingerprint density at radius 3 is 2.76 bits per heavy atom. The van der Waals surface area contributed by atoms with Crippen LogP contribution in [0.4, 0.5) is 0 Å². The first-order valence-electron chi connectivity index (χ1n) is 7.61. The summed E-state index contributed by atoms with van der Waals surface area (Å²) in [6.07, 6.45) is 3.53. The monoisotopic (exact) mass is 380 g/mol. The number of halogens is 2. The zero-order chi connectivity index (χ0) is 17.6. The molecule has 3 aromatic rings. The maximum atomic E-state index is 10.9. The molecule has 2 aromatic heterocycles. The molecule has 0 spiro atoms. The maximum Gasteiger partial charge on any atom is 0.325 e. The van der Waals surface area contributed by atoms with Crippen molar-refractivity contribution in [3.8, 4) is 5.82 Å². The second-order valence-corrected chi connectivity index (χ2v) is 6.62. The Morgan fingerprint density at radius 1 is 1.28 bits per heavy atom. The van der Waals surface area contributed by atoms with Gasteiger partial charge < -0.3 is 5.11 Å². The van der Waals surface area contributed by atoms with Gasteiger partial charge >= 0.3 is 5.97 Å². The molecule has 8 nitrogen and oxygen atoms in total. The zero-order valence-corrected chi connectivity index (χ0v) is 14.4. The van der Waals surface area contributed by atoms with E-state index in [0.29, 0.717) is 15.9 Å². The number of rotatable bonds is 4. The number of aliphatic carboxylic acids is 1. The largest absolute Gasteiger partial charge is 0.480 e. The van der Waals surface area contributed by atoms with E-state index in [9.17, 15) is 4.79 Å². The number of fused-ring (bicyclic) bond motifs is 1. The third-order valence-electron chi connectivity index (χ3n) is 4.22. The molecule has 1 saturated heterocycles. The summed E-state index contributed by atoms with van der Waals surface area (Å²) in [5.74, 6) is -0.227. The van der Waals surface area contributed by atoms with Crippen LogP contribution in [0.5, 0.6) is 0 Å². The predicted octanol–water partition coefficient (Wildman–Crippen LogP) is 1.80. The Hall–Kier alpha value is -2.13. The summed E-state index contributed by atoms with van der Waals surface area (Å²) < 4.78 is 3.07. The molecule has 0 radical (unpaired) electrons. The van der Waals surface area contributed by atoms with Gasteiger partial charge in [-0.05, 0) is 11.6 Å². The molecule has 3 heterocycles. The molecule has 0 atom stereocenters. The predicted molar refractivity (Wildman–Crippen MR) is 93.3 cm³/mol. The lowest BCUT2D eigenvalue weighted by molar-refractivity contribution is -0.137. The summed E-state index contributed by atoms with van der Waals surface area (Å²) >= 11 is 12.7. The Balaban J connectivity index is 1.89. The summed E-state index contributed by atoms with van der Waals surface area (Å²) in [6.45, 7) is 1.33. The highest BCUT2D eigenvalue weighted by Gasteiger charge is 2.24. The molecule has 0 amide bonds. The standard InChI is InChI=1S/C15H14Cl2N6O2/c16-11-2-1-9-10(8-3-18-19-4-8)5-23(15(9)14(11)17)12-6-22(21-20-12)7-13(24)25/h1-2,5-6,8,18-19H,3-4,7H2,(H,24,25). The lowest BCUT2D eigenvalue weighted by atomic mass is 10.00. The molecule has 10 heteroatoms. The van der Waals surface area contributed by atoms with Crippen LogP contribution < -0.4 is 10.9 Å². The maximum absolute atomic E-state index is 10.9. The van der Waals surface area contributed by atoms with Crippen LogP contribution >= 0.6 is 23.2 Å². The Kier molecular flexibility index (Phi) is 4.12. The summed E-state index contributed by atoms with van der Waals surface area (Å²) in [5, 5.41) is 18.7. The van der Waals surface area contributed by atoms with Crippen LogP contribution in [0, 0.1) is 0 Å². The average molecular weight is 381 g/mol. The van der Waals surface area contributed by atoms with Gasteiger partial charge in [0.2, 0.25) is 0 Å². The highest BCUT2D eigenvalue weighted by Crippen LogP contribution is 2.37. The molecule has 0 aliphatic carbocycles. The summed E-state index contributed by atoms with van der Waals surface area (Å²) in [4.78, 5) is 10.9. The van der Waals surface area contributed by atoms with Gasteiger partial charge in [-0.15, -0.1) is 5.10 Å². The minimum atomic E-state index is -0.987. The number of nitrogens with one attached hydrogen (secondary N) is 2. The molecule has 1 aliphatic heterocycles. The zero-order valence-electron chi connectivity index (χ0n) is 12.9. The number of aromatic nitrogens is 4. The van der Waals surface area contributed by atoms with E-state index in [0.717, 1.165) is 29.6 Å². The third kappa shape index (κ3) is 2.87. The molecule has 0 unspecified atom stereocenters. The van der Waals surface area contributed by atoms with Gasteiger partial charge in [0.25, 0.3) is 0 Å². The Morgan fingerprint density at radius 2 is 2.04 bits per heavy atom. The topological polar surface area (TPSA) is 97.0 Å². The van der Waals surface area contributed by atoms with E-state index >= 15 is 0 Å². The number of nitrogens with zero attached hydrogens (tertiary/aromatic N) is 4. The quantitative estimate of drug-likeness (QED) is 0.638. The van der Waals surface area contributed by atoms with Crippen LogP contribution in [0.2, 0.25) is 10.0 Å². The van der Waals surface area contributed by atoms with Crippen molar-refractivity contribution in [1.82, 2.24) is 30.4 Å². The fourth-order valence-electron chi connectivity index (χ4n) is 3.08. The van der Waals surface area contributed by atoms with Crippen molar-refractivity contribution in [2.45, 2.75) is 12.5 Å². The van der Waals surface area contributed by atoms with Crippen LogP contribution in [0.15, 0.2) is 24.5 Å². The van der Waals surface area contributed by atoms with Crippen molar-refractivity contribution < 1.29 is 9.90 Å². The molecule has 1 aliphatic rings. The number of hydrazine groups is 1. The number of benzene rings is 1. The number of carbonyl (C=O) groups is 1. The normalized spacial score (nSPS) is 15.3. The van der Waals surface area contributed by atoms with E-state index in [1.165, 1.54) is 4.68 Å². The summed E-state index contributed by atoms with van der Waals surface area (Å²) in [7, 11) is 0. The first kappa shape index (κ1) is 16.3. The van der Waals surface area contributed by atoms with Crippen molar-refractivity contribution in [3.63, 3.8) is 0 Å². The molecule has 25 heavy (non-hydrogen) atoms. The second kappa shape index (κ2) is 6.30. The molecule has 130 valence electrons. The number of hydrogen-bond acceptors (Lipinski definition) is 5. The van der Waals surface area contributed by atoms with E-state index in [-0.39, 0.29) is 12.5 Å². The summed E-state index contributed by atoms with van der Waals surface area (Å²) in [6, 6.07) is 3.71. The van der Waals surface area contributed by atoms with Gasteiger partial charge in [0.15, 0.2) is 5.82 Å². The van der Waals surface area contributed by atoms with Gasteiger partial charge in [-0.25, -0.2) is 4.68 Å². The lowest BCUT2D eigenvalue weighted by Gasteiger charge is -2.06. The van der Waals surface area contributed by atoms with Gasteiger partial charge in [0.05, 0.1) is 21.8 Å². The number of carboxylic acids is 1. The van der Waals surface area contributed by atoms with Gasteiger partial charge in [-0.1, -0.05) is 34.5 Å². The minimum Gasteiger partial charge on any atom is -0.480 e. The van der Waals surface area contributed by atoms with Gasteiger partial charge in [-0.2, -0.15) is 0 Å². The molecule has 1 aromatic carbocycles. The molecule has 0 saturated carbocycles. The van der Waals surface area contributed by atoms with Crippen molar-refractivity contribution in [1.29, 1.82) is 0 Å². The molecular formula is C15H14Cl2N6O2. The highest BCUT2D eigenvalue weighted by molar-refractivity contribution is 6.45. The van der Waals surface area contributed by atoms with Crippen LogP contribution in [0.1, 0.15) is 11.5 Å². The van der Waals surface area contributed by atoms with Gasteiger partial charge in [-0.3, -0.25) is 20.2 Å². The fraction of sp³-hybridized carbons (Fsp3) is 0.267. The molecular weight excluding hydrogens is 367 g/mol. The Labute approximate surface area is 152 Å². The van der Waals surface area contributed by atoms with E-state index in [1.807, 2.05) is 16.8 Å². The molecule has 0 bridgehead atoms. The van der Waals surface area contributed by atoms with E-state index in [1.54, 1.807) is 12.3 Å². The smallest absolute Gasteiger partial charge is 0.325 e. The van der Waals surface area contributed by atoms with Crippen molar-refractivity contribution in [2.75, 3.05) is 13.1 Å². The number of carboxylic acid groups (broad SMARTS) is 1. The van der Waals surface area contributed by atoms with Crippen LogP contribution in [0.3, 0.4) is 0 Å². The van der Waals surface area contributed by atoms with Crippen LogP contribution in [-0.4, -0.2) is 43.7 Å². The van der Waals surface area contributed by atoms with Crippen molar-refractivity contribution >= 4 is 40.1 Å². The molecule has 3 N–H and O–H groups in total. The highest BCUT2D eigenvalue weighted by atomic mass is 35.5. The van der Waals surface area contributed by atoms with Crippen LogP contribution in [-0.2, 0) is 11.3 Å². The fourth-order valence-corrected chi connectivity index (χ4v) is 3.49. The SMILES string of the molecule is O=C(O)Cn1cc(-n2cc(C3CNNC3)c3ccc(Cl)c(Cl)c32)nn1. The van der Waals surface area contributed by atoms with Crippen LogP contribution in [0.25, 0.3) is 16.7 Å². The molecule has 1 fully saturated rings. The third-order valence-corrected chi connectivity index (χ3v) is 5.02. The average Bonchev–Trinajstić information content (AvgIpc) is 3.28. The van der Waals surface area contributed by atoms with Gasteiger partial charge in [0.1, 0.15) is 6.54 Å². The lowest BCUT2D eigenvalue weighted by Crippen LogP contribution is -2.21. The number of hydrogen-bond donors (Lipinski definition) is 3. The van der Waals surface area contributed by atoms with E-state index in [4.69, 9.17) is 28.3 Å². The molecule has 4 rings (SSSR count). The van der Waals surface area contributed by atoms with Gasteiger partial charge in [0, 0.05) is 30.6 Å². The van der Waals surface area contributed by atoms with E-state index in [2.05, 4.69) is 21.2 Å². The van der Waals surface area contributed by atoms with Crippen molar-refractivity contribution in [2.24, 2.45) is 0 Å². The first-order chi connectivity index (χ1) is 12.0. The van der Waals surface area contributed by atoms with Crippen molar-refractivity contribution in [3.05, 3.63) is 40.1 Å². The minimum absolute atomic E-state index is 0.260. The second-order valence-electron chi connectivity index (χ2n) is 5.84. The first-order valence-corrected chi connectivity index (χ1v) is 8.37. The Bertz CT molecular complexity index is 960. The van der Waals surface area contributed by atoms with E-state index < -0.39 is 5.97 Å².